The zero-order valence-electron chi connectivity index (χ0n) is 7.86. The fourth-order valence-electron chi connectivity index (χ4n) is 1.25. The van der Waals surface area contributed by atoms with Gasteiger partial charge in [0, 0.05) is 5.56 Å². The van der Waals surface area contributed by atoms with Crippen LogP contribution in [0.2, 0.25) is 0 Å². The van der Waals surface area contributed by atoms with Crippen LogP contribution in [0.25, 0.3) is 0 Å². The molecule has 4 nitrogen and oxygen atoms in total. The zero-order valence-corrected chi connectivity index (χ0v) is 7.86. The summed E-state index contributed by atoms with van der Waals surface area (Å²) < 4.78 is 0. The first kappa shape index (κ1) is 10.2. The summed E-state index contributed by atoms with van der Waals surface area (Å²) in [6, 6.07) is 6.69. The molecule has 14 heavy (non-hydrogen) atoms. The predicted octanol–water partition coefficient (Wildman–Crippen LogP) is 0.374. The molecule has 0 spiro atoms. The van der Waals surface area contributed by atoms with Crippen molar-refractivity contribution >= 4 is 11.8 Å². The molecule has 0 aliphatic heterocycles. The monoisotopic (exact) mass is 192 g/mol. The van der Waals surface area contributed by atoms with Crippen molar-refractivity contribution in [3.05, 3.63) is 35.4 Å². The van der Waals surface area contributed by atoms with Crippen molar-refractivity contribution in [3.8, 4) is 0 Å². The highest BCUT2D eigenvalue weighted by atomic mass is 16.1. The molecule has 2 amide bonds. The van der Waals surface area contributed by atoms with Crippen molar-refractivity contribution in [2.75, 3.05) is 0 Å². The van der Waals surface area contributed by atoms with Gasteiger partial charge in [0.2, 0.25) is 11.8 Å². The molecule has 0 saturated carbocycles. The van der Waals surface area contributed by atoms with Gasteiger partial charge in [-0.3, -0.25) is 9.59 Å². The van der Waals surface area contributed by atoms with Gasteiger partial charge < -0.3 is 11.5 Å². The largest absolute Gasteiger partial charge is 0.369 e. The summed E-state index contributed by atoms with van der Waals surface area (Å²) in [5.74, 6) is -1.52. The number of nitrogens with two attached hydrogens (primary N) is 2. The fourth-order valence-corrected chi connectivity index (χ4v) is 1.25. The molecule has 4 heteroatoms. The van der Waals surface area contributed by atoms with Crippen LogP contribution < -0.4 is 11.5 Å². The maximum Gasteiger partial charge on any atom is 0.249 e. The van der Waals surface area contributed by atoms with Gasteiger partial charge in [-0.2, -0.15) is 0 Å². The number of primary amides is 2. The lowest BCUT2D eigenvalue weighted by atomic mass is 9.95. The van der Waals surface area contributed by atoms with Gasteiger partial charge in [-0.1, -0.05) is 18.2 Å². The average Bonchev–Trinajstić information content (AvgIpc) is 2.16. The molecule has 1 aromatic rings. The standard InChI is InChI=1S/C10H12N2O2/c1-6(9(11)13)7-4-2-3-5-8(7)10(12)14/h2-6H,1H3,(H2,11,13)(H2,12,14)/t6-/m1/s1. The van der Waals surface area contributed by atoms with Gasteiger partial charge in [-0.05, 0) is 18.6 Å². The van der Waals surface area contributed by atoms with Crippen LogP contribution >= 0.6 is 0 Å². The van der Waals surface area contributed by atoms with E-state index in [1.165, 1.54) is 0 Å². The third-order valence-electron chi connectivity index (χ3n) is 2.12. The first-order chi connectivity index (χ1) is 6.54. The van der Waals surface area contributed by atoms with E-state index in [-0.39, 0.29) is 0 Å². The van der Waals surface area contributed by atoms with E-state index in [0.717, 1.165) is 0 Å². The topological polar surface area (TPSA) is 86.2 Å². The van der Waals surface area contributed by atoms with Gasteiger partial charge >= 0.3 is 0 Å². The highest BCUT2D eigenvalue weighted by Gasteiger charge is 2.17. The van der Waals surface area contributed by atoms with Crippen molar-refractivity contribution in [2.24, 2.45) is 11.5 Å². The van der Waals surface area contributed by atoms with E-state index in [2.05, 4.69) is 0 Å². The molecule has 1 atom stereocenters. The molecule has 0 radical (unpaired) electrons. The molecule has 74 valence electrons. The van der Waals surface area contributed by atoms with Gasteiger partial charge in [0.15, 0.2) is 0 Å². The highest BCUT2D eigenvalue weighted by molar-refractivity contribution is 5.96. The molecule has 0 aromatic heterocycles. The molecular formula is C10H12N2O2. The fraction of sp³-hybridized carbons (Fsp3) is 0.200. The van der Waals surface area contributed by atoms with E-state index < -0.39 is 17.7 Å². The Hall–Kier alpha value is -1.84. The molecule has 0 heterocycles. The van der Waals surface area contributed by atoms with Crippen LogP contribution in [0.3, 0.4) is 0 Å². The SMILES string of the molecule is C[C@@H](C(N)=O)c1ccccc1C(N)=O. The molecule has 0 bridgehead atoms. The van der Waals surface area contributed by atoms with Crippen molar-refractivity contribution in [1.29, 1.82) is 0 Å². The molecule has 0 saturated heterocycles. The Morgan fingerprint density at radius 3 is 2.29 bits per heavy atom. The average molecular weight is 192 g/mol. The molecule has 0 aliphatic rings. The highest BCUT2D eigenvalue weighted by Crippen LogP contribution is 2.18. The summed E-state index contributed by atoms with van der Waals surface area (Å²) in [7, 11) is 0. The van der Waals surface area contributed by atoms with E-state index in [1.807, 2.05) is 0 Å². The van der Waals surface area contributed by atoms with Crippen LogP contribution in [0.15, 0.2) is 24.3 Å². The lowest BCUT2D eigenvalue weighted by Gasteiger charge is -2.10. The lowest BCUT2D eigenvalue weighted by molar-refractivity contribution is -0.119. The lowest BCUT2D eigenvalue weighted by Crippen LogP contribution is -2.22. The molecule has 0 aliphatic carbocycles. The van der Waals surface area contributed by atoms with Crippen molar-refractivity contribution < 1.29 is 9.59 Å². The minimum Gasteiger partial charge on any atom is -0.369 e. The van der Waals surface area contributed by atoms with E-state index >= 15 is 0 Å². The minimum absolute atomic E-state index is 0.346. The number of amides is 2. The summed E-state index contributed by atoms with van der Waals surface area (Å²) in [5.41, 5.74) is 11.2. The summed E-state index contributed by atoms with van der Waals surface area (Å²) in [6.45, 7) is 1.64. The maximum absolute atomic E-state index is 11.0. The van der Waals surface area contributed by atoms with Gasteiger partial charge in [-0.25, -0.2) is 0 Å². The van der Waals surface area contributed by atoms with Crippen LogP contribution in [0, 0.1) is 0 Å². The Balaban J connectivity index is 3.19. The van der Waals surface area contributed by atoms with E-state index in [9.17, 15) is 9.59 Å². The summed E-state index contributed by atoms with van der Waals surface area (Å²) in [4.78, 5) is 22.0. The molecular weight excluding hydrogens is 180 g/mol. The number of hydrogen-bond acceptors (Lipinski definition) is 2. The Morgan fingerprint density at radius 2 is 1.79 bits per heavy atom. The van der Waals surface area contributed by atoms with Crippen LogP contribution in [0.5, 0.6) is 0 Å². The molecule has 4 N–H and O–H groups in total. The summed E-state index contributed by atoms with van der Waals surface area (Å²) in [5, 5.41) is 0. The number of carbonyl (C=O) groups excluding carboxylic acids is 2. The Labute approximate surface area is 81.9 Å². The van der Waals surface area contributed by atoms with E-state index in [1.54, 1.807) is 31.2 Å². The van der Waals surface area contributed by atoms with E-state index in [4.69, 9.17) is 11.5 Å². The number of carbonyl (C=O) groups is 2. The second-order valence-electron chi connectivity index (χ2n) is 3.08. The van der Waals surface area contributed by atoms with Crippen molar-refractivity contribution in [2.45, 2.75) is 12.8 Å². The molecule has 0 unspecified atom stereocenters. The van der Waals surface area contributed by atoms with Crippen LogP contribution in [-0.4, -0.2) is 11.8 Å². The van der Waals surface area contributed by atoms with Crippen LogP contribution in [-0.2, 0) is 4.79 Å². The normalized spacial score (nSPS) is 12.1. The van der Waals surface area contributed by atoms with Crippen LogP contribution in [0.4, 0.5) is 0 Å². The third kappa shape index (κ3) is 1.90. The quantitative estimate of drug-likeness (QED) is 0.725. The smallest absolute Gasteiger partial charge is 0.249 e. The number of rotatable bonds is 3. The minimum atomic E-state index is -0.547. The first-order valence-corrected chi connectivity index (χ1v) is 4.22. The van der Waals surface area contributed by atoms with Gasteiger partial charge in [0.05, 0.1) is 5.92 Å². The van der Waals surface area contributed by atoms with E-state index in [0.29, 0.717) is 11.1 Å². The third-order valence-corrected chi connectivity index (χ3v) is 2.12. The van der Waals surface area contributed by atoms with Crippen molar-refractivity contribution in [3.63, 3.8) is 0 Å². The molecule has 1 rings (SSSR count). The Morgan fingerprint density at radius 1 is 1.21 bits per heavy atom. The Kier molecular flexibility index (Phi) is 2.86. The second kappa shape index (κ2) is 3.91. The summed E-state index contributed by atoms with van der Waals surface area (Å²) in [6.07, 6.45) is 0. The second-order valence-corrected chi connectivity index (χ2v) is 3.08. The summed E-state index contributed by atoms with van der Waals surface area (Å²) >= 11 is 0. The molecule has 0 fully saturated rings. The Bertz CT molecular complexity index is 374. The van der Waals surface area contributed by atoms with Gasteiger partial charge in [0.1, 0.15) is 0 Å². The first-order valence-electron chi connectivity index (χ1n) is 4.22. The maximum atomic E-state index is 11.0. The van der Waals surface area contributed by atoms with Gasteiger partial charge in [-0.15, -0.1) is 0 Å². The van der Waals surface area contributed by atoms with Crippen LogP contribution in [0.1, 0.15) is 28.8 Å². The predicted molar refractivity (Wildman–Crippen MR) is 52.6 cm³/mol. The number of benzene rings is 1. The number of hydrogen-bond donors (Lipinski definition) is 2. The van der Waals surface area contributed by atoms with Crippen molar-refractivity contribution in [1.82, 2.24) is 0 Å². The molecule has 1 aromatic carbocycles. The zero-order chi connectivity index (χ0) is 10.7. The van der Waals surface area contributed by atoms with Gasteiger partial charge in [0.25, 0.3) is 0 Å².